The van der Waals surface area contributed by atoms with Crippen LogP contribution in [-0.4, -0.2) is 25.8 Å². The minimum Gasteiger partial charge on any atom is -0.268 e. The molecule has 104 valence electrons. The van der Waals surface area contributed by atoms with Gasteiger partial charge < -0.3 is 0 Å². The highest BCUT2D eigenvalue weighted by Crippen LogP contribution is 2.33. The van der Waals surface area contributed by atoms with Crippen LogP contribution >= 0.6 is 23.1 Å². The fourth-order valence-corrected chi connectivity index (χ4v) is 4.66. The number of fused-ring (bicyclic) bond motifs is 4. The third kappa shape index (κ3) is 1.66. The summed E-state index contributed by atoms with van der Waals surface area (Å²) in [6, 6.07) is 0. The van der Waals surface area contributed by atoms with Crippen molar-refractivity contribution in [3.63, 3.8) is 0 Å². The molecule has 1 aliphatic rings. The molecule has 0 spiro atoms. The molecule has 7 heteroatoms. The first kappa shape index (κ1) is 12.4. The van der Waals surface area contributed by atoms with Gasteiger partial charge in [-0.2, -0.15) is 0 Å². The molecule has 0 aromatic carbocycles. The van der Waals surface area contributed by atoms with Crippen LogP contribution in [0, 0.1) is 0 Å². The second-order valence-corrected chi connectivity index (χ2v) is 6.89. The van der Waals surface area contributed by atoms with Gasteiger partial charge in [0.2, 0.25) is 5.78 Å². The maximum Gasteiger partial charge on any atom is 0.270 e. The molecule has 0 amide bonds. The molecule has 0 fully saturated rings. The Bertz CT molecular complexity index is 861. The normalized spacial score (nSPS) is 15.7. The second kappa shape index (κ2) is 4.60. The standard InChI is InChI=1S/C13H14N4OS2/c1-19-13-16-15-12-14-10-9(11(18)17(12)13)7-5-3-2-4-6-8(7)20-10/h2-6H2,1H3,(H,14,15). The molecule has 3 aromatic rings. The lowest BCUT2D eigenvalue weighted by atomic mass is 10.1. The van der Waals surface area contributed by atoms with Crippen LogP contribution in [0.5, 0.6) is 0 Å². The SMILES string of the molecule is CSc1n[nH]c2nc3sc4c(c3c(=O)n12)CCCCC4. The average Bonchev–Trinajstić information content (AvgIpc) is 2.94. The highest BCUT2D eigenvalue weighted by atomic mass is 32.2. The minimum absolute atomic E-state index is 0.0301. The summed E-state index contributed by atoms with van der Waals surface area (Å²) in [5.74, 6) is 0.545. The van der Waals surface area contributed by atoms with E-state index in [0.717, 1.165) is 23.1 Å². The molecule has 0 saturated carbocycles. The number of nitrogens with one attached hydrogen (secondary N) is 1. The van der Waals surface area contributed by atoms with Gasteiger partial charge in [0.05, 0.1) is 5.39 Å². The lowest BCUT2D eigenvalue weighted by molar-refractivity contribution is 0.713. The predicted molar refractivity (Wildman–Crippen MR) is 82.0 cm³/mol. The van der Waals surface area contributed by atoms with Crippen LogP contribution < -0.4 is 5.56 Å². The van der Waals surface area contributed by atoms with Crippen molar-refractivity contribution in [1.82, 2.24) is 19.6 Å². The van der Waals surface area contributed by atoms with Gasteiger partial charge in [0, 0.05) is 4.88 Å². The third-order valence-electron chi connectivity index (χ3n) is 3.86. The summed E-state index contributed by atoms with van der Waals surface area (Å²) in [5.41, 5.74) is 1.27. The molecule has 1 N–H and O–H groups in total. The molecule has 0 saturated heterocycles. The number of thiophene rings is 1. The van der Waals surface area contributed by atoms with Crippen LogP contribution in [0.15, 0.2) is 9.95 Å². The van der Waals surface area contributed by atoms with Gasteiger partial charge in [-0.1, -0.05) is 18.2 Å². The average molecular weight is 306 g/mol. The van der Waals surface area contributed by atoms with Crippen LogP contribution in [0.2, 0.25) is 0 Å². The number of hydrogen-bond acceptors (Lipinski definition) is 5. The number of thioether (sulfide) groups is 1. The van der Waals surface area contributed by atoms with Crippen LogP contribution in [-0.2, 0) is 12.8 Å². The first-order chi connectivity index (χ1) is 9.79. The van der Waals surface area contributed by atoms with Crippen molar-refractivity contribution in [2.24, 2.45) is 0 Å². The van der Waals surface area contributed by atoms with Crippen molar-refractivity contribution >= 4 is 39.1 Å². The lowest BCUT2D eigenvalue weighted by Gasteiger charge is -1.99. The predicted octanol–water partition coefficient (Wildman–Crippen LogP) is 2.62. The van der Waals surface area contributed by atoms with Crippen molar-refractivity contribution in [3.8, 4) is 0 Å². The van der Waals surface area contributed by atoms with E-state index in [-0.39, 0.29) is 5.56 Å². The number of H-pyrrole nitrogens is 1. The van der Waals surface area contributed by atoms with E-state index >= 15 is 0 Å². The van der Waals surface area contributed by atoms with Gasteiger partial charge in [0.25, 0.3) is 5.56 Å². The summed E-state index contributed by atoms with van der Waals surface area (Å²) in [6.07, 6.45) is 7.65. The van der Waals surface area contributed by atoms with Crippen LogP contribution in [0.3, 0.4) is 0 Å². The van der Waals surface area contributed by atoms with Gasteiger partial charge in [-0.25, -0.2) is 14.5 Å². The Kier molecular flexibility index (Phi) is 2.85. The smallest absolute Gasteiger partial charge is 0.268 e. The quantitative estimate of drug-likeness (QED) is 0.554. The molecule has 5 nitrogen and oxygen atoms in total. The maximum atomic E-state index is 12.8. The first-order valence-electron chi connectivity index (χ1n) is 6.75. The number of aryl methyl sites for hydroxylation is 2. The van der Waals surface area contributed by atoms with E-state index < -0.39 is 0 Å². The number of aromatic amines is 1. The maximum absolute atomic E-state index is 12.8. The molecule has 0 radical (unpaired) electrons. The Morgan fingerprint density at radius 2 is 2.15 bits per heavy atom. The fourth-order valence-electron chi connectivity index (χ4n) is 2.92. The van der Waals surface area contributed by atoms with Gasteiger partial charge in [0.1, 0.15) is 4.83 Å². The van der Waals surface area contributed by atoms with E-state index in [9.17, 15) is 4.79 Å². The van der Waals surface area contributed by atoms with E-state index in [2.05, 4.69) is 15.2 Å². The monoisotopic (exact) mass is 306 g/mol. The number of aromatic nitrogens is 4. The molecule has 1 aliphatic carbocycles. The summed E-state index contributed by atoms with van der Waals surface area (Å²) >= 11 is 3.14. The van der Waals surface area contributed by atoms with E-state index in [1.165, 1.54) is 41.5 Å². The first-order valence-corrected chi connectivity index (χ1v) is 8.79. The van der Waals surface area contributed by atoms with Gasteiger partial charge in [-0.15, -0.1) is 16.4 Å². The largest absolute Gasteiger partial charge is 0.270 e. The Morgan fingerprint density at radius 3 is 3.00 bits per heavy atom. The zero-order chi connectivity index (χ0) is 13.7. The van der Waals surface area contributed by atoms with Crippen molar-refractivity contribution in [2.45, 2.75) is 37.3 Å². The van der Waals surface area contributed by atoms with E-state index in [1.54, 1.807) is 15.7 Å². The summed E-state index contributed by atoms with van der Waals surface area (Å²) < 4.78 is 1.60. The highest BCUT2D eigenvalue weighted by molar-refractivity contribution is 7.98. The van der Waals surface area contributed by atoms with Crippen LogP contribution in [0.4, 0.5) is 0 Å². The lowest BCUT2D eigenvalue weighted by Crippen LogP contribution is -2.15. The molecular formula is C13H14N4OS2. The van der Waals surface area contributed by atoms with E-state index in [1.807, 2.05) is 6.26 Å². The van der Waals surface area contributed by atoms with E-state index in [4.69, 9.17) is 0 Å². The fraction of sp³-hybridized carbons (Fsp3) is 0.462. The Morgan fingerprint density at radius 1 is 1.30 bits per heavy atom. The molecule has 0 aliphatic heterocycles. The van der Waals surface area contributed by atoms with Crippen molar-refractivity contribution in [3.05, 3.63) is 20.8 Å². The third-order valence-corrected chi connectivity index (χ3v) is 5.69. The Balaban J connectivity index is 2.12. The van der Waals surface area contributed by atoms with Crippen molar-refractivity contribution < 1.29 is 0 Å². The summed E-state index contributed by atoms with van der Waals surface area (Å²) in [7, 11) is 0. The molecule has 0 atom stereocenters. The Labute approximate surface area is 123 Å². The summed E-state index contributed by atoms with van der Waals surface area (Å²) in [5, 5.41) is 8.50. The molecule has 0 unspecified atom stereocenters. The van der Waals surface area contributed by atoms with Gasteiger partial charge in [-0.05, 0) is 37.5 Å². The van der Waals surface area contributed by atoms with Gasteiger partial charge >= 0.3 is 0 Å². The molecule has 0 bridgehead atoms. The van der Waals surface area contributed by atoms with E-state index in [0.29, 0.717) is 10.9 Å². The van der Waals surface area contributed by atoms with Crippen molar-refractivity contribution in [2.75, 3.05) is 6.26 Å². The molecular weight excluding hydrogens is 292 g/mol. The van der Waals surface area contributed by atoms with Crippen LogP contribution in [0.1, 0.15) is 29.7 Å². The number of rotatable bonds is 1. The molecule has 4 rings (SSSR count). The topological polar surface area (TPSA) is 63.0 Å². The highest BCUT2D eigenvalue weighted by Gasteiger charge is 2.21. The minimum atomic E-state index is 0.0301. The molecule has 20 heavy (non-hydrogen) atoms. The molecule has 3 aromatic heterocycles. The summed E-state index contributed by atoms with van der Waals surface area (Å²) in [6.45, 7) is 0. The zero-order valence-electron chi connectivity index (χ0n) is 11.1. The molecule has 3 heterocycles. The van der Waals surface area contributed by atoms with Crippen molar-refractivity contribution in [1.29, 1.82) is 0 Å². The number of nitrogens with zero attached hydrogens (tertiary/aromatic N) is 3. The summed E-state index contributed by atoms with van der Waals surface area (Å²) in [4.78, 5) is 19.6. The zero-order valence-corrected chi connectivity index (χ0v) is 12.7. The van der Waals surface area contributed by atoms with Crippen LogP contribution in [0.25, 0.3) is 16.0 Å². The van der Waals surface area contributed by atoms with Gasteiger partial charge in [0.15, 0.2) is 5.16 Å². The number of hydrogen-bond donors (Lipinski definition) is 1. The Hall–Kier alpha value is -1.34. The van der Waals surface area contributed by atoms with Gasteiger partial charge in [-0.3, -0.25) is 4.79 Å². The second-order valence-electron chi connectivity index (χ2n) is 5.03.